The lowest BCUT2D eigenvalue weighted by Gasteiger charge is -2.34. The van der Waals surface area contributed by atoms with Crippen molar-refractivity contribution in [2.45, 2.75) is 50.2 Å². The molecular formula is C23H17F5N8O. The molecule has 9 nitrogen and oxygen atoms in total. The summed E-state index contributed by atoms with van der Waals surface area (Å²) >= 11 is 0. The highest BCUT2D eigenvalue weighted by atomic mass is 19.4. The van der Waals surface area contributed by atoms with Crippen LogP contribution in [0, 0.1) is 11.3 Å². The Balaban J connectivity index is 1.53. The van der Waals surface area contributed by atoms with Crippen molar-refractivity contribution in [3.8, 4) is 6.07 Å². The summed E-state index contributed by atoms with van der Waals surface area (Å²) in [5.74, 6) is 0.0552. The second-order valence-corrected chi connectivity index (χ2v) is 8.67. The first-order valence-electron chi connectivity index (χ1n) is 11.1. The molecule has 0 saturated heterocycles. The van der Waals surface area contributed by atoms with Crippen molar-refractivity contribution in [1.29, 1.82) is 5.26 Å². The summed E-state index contributed by atoms with van der Waals surface area (Å²) in [6.07, 6.45) is -2.83. The fourth-order valence-electron chi connectivity index (χ4n) is 4.34. The Morgan fingerprint density at radius 1 is 1.08 bits per heavy atom. The zero-order valence-electron chi connectivity index (χ0n) is 19.0. The molecule has 14 heteroatoms. The Morgan fingerprint density at radius 3 is 2.30 bits per heavy atom. The standard InChI is InChI=1S/C23H17F5N8O/c1-10(11-2-5-16(30-7-11)23(26,27)28)36-21-17(15(6-29)35-36)22(37)34-20(33-21)14-4-3-13(14)19-31-8-12(9-32-19)18(24)25/h2,5,7-10,13-14,18H,3-4H2,1H3,(H,33,34,37)/t10-,13-,14-/m0/s1. The topological polar surface area (TPSA) is 126 Å². The molecule has 4 heterocycles. The smallest absolute Gasteiger partial charge is 0.310 e. The number of H-pyrrole nitrogens is 1. The molecule has 1 fully saturated rings. The number of rotatable bonds is 5. The summed E-state index contributed by atoms with van der Waals surface area (Å²) in [7, 11) is 0. The van der Waals surface area contributed by atoms with E-state index in [0.717, 1.165) is 24.7 Å². The molecule has 190 valence electrons. The Kier molecular flexibility index (Phi) is 5.93. The SMILES string of the molecule is C[C@@H](c1ccc(C(F)(F)F)nc1)n1nc(C#N)c2c(=O)[nH]c([C@H]3CC[C@@H]3c3ncc(C(F)F)cn3)nc21. The molecule has 0 aliphatic heterocycles. The van der Waals surface area contributed by atoms with Crippen LogP contribution < -0.4 is 5.56 Å². The molecule has 1 saturated carbocycles. The zero-order chi connectivity index (χ0) is 26.5. The van der Waals surface area contributed by atoms with Crippen LogP contribution in [0.25, 0.3) is 11.0 Å². The average molecular weight is 516 g/mol. The fraction of sp³-hybridized carbons (Fsp3) is 0.348. The Bertz CT molecular complexity index is 1550. The Hall–Kier alpha value is -4.28. The van der Waals surface area contributed by atoms with E-state index in [1.807, 2.05) is 6.07 Å². The number of nitrogens with zero attached hydrogens (tertiary/aromatic N) is 7. The highest BCUT2D eigenvalue weighted by molar-refractivity contribution is 5.80. The first kappa shape index (κ1) is 24.4. The number of hydrogen-bond donors (Lipinski definition) is 1. The molecule has 5 rings (SSSR count). The van der Waals surface area contributed by atoms with Gasteiger partial charge in [-0.3, -0.25) is 9.78 Å². The molecule has 1 aliphatic carbocycles. The molecule has 3 atom stereocenters. The first-order valence-corrected chi connectivity index (χ1v) is 11.1. The minimum atomic E-state index is -4.60. The monoisotopic (exact) mass is 516 g/mol. The molecular weight excluding hydrogens is 499 g/mol. The molecule has 0 unspecified atom stereocenters. The maximum atomic E-state index is 13.0. The highest BCUT2D eigenvalue weighted by Crippen LogP contribution is 2.46. The maximum Gasteiger partial charge on any atom is 0.433 e. The van der Waals surface area contributed by atoms with Gasteiger partial charge in [0, 0.05) is 30.4 Å². The van der Waals surface area contributed by atoms with Gasteiger partial charge in [0.2, 0.25) is 0 Å². The number of halogens is 5. The van der Waals surface area contributed by atoms with Gasteiger partial charge in [-0.1, -0.05) is 6.07 Å². The van der Waals surface area contributed by atoms with Crippen molar-refractivity contribution in [3.05, 3.63) is 75.2 Å². The predicted octanol–water partition coefficient (Wildman–Crippen LogP) is 4.40. The van der Waals surface area contributed by atoms with Gasteiger partial charge in [0.1, 0.15) is 28.8 Å². The van der Waals surface area contributed by atoms with E-state index in [2.05, 4.69) is 30.0 Å². The van der Waals surface area contributed by atoms with Crippen molar-refractivity contribution in [2.24, 2.45) is 0 Å². The van der Waals surface area contributed by atoms with E-state index in [9.17, 15) is 32.0 Å². The molecule has 0 spiro atoms. The number of aromatic amines is 1. The van der Waals surface area contributed by atoms with Gasteiger partial charge in [-0.2, -0.15) is 23.5 Å². The number of nitrogens with one attached hydrogen (secondary N) is 1. The normalized spacial score (nSPS) is 18.5. The number of fused-ring (bicyclic) bond motifs is 1. The quantitative estimate of drug-likeness (QED) is 0.390. The molecule has 0 radical (unpaired) electrons. The lowest BCUT2D eigenvalue weighted by molar-refractivity contribution is -0.141. The largest absolute Gasteiger partial charge is 0.433 e. The van der Waals surface area contributed by atoms with Crippen LogP contribution in [0.4, 0.5) is 22.0 Å². The number of pyridine rings is 1. The zero-order valence-corrected chi connectivity index (χ0v) is 19.0. The summed E-state index contributed by atoms with van der Waals surface area (Å²) in [6.45, 7) is 1.63. The van der Waals surface area contributed by atoms with Crippen LogP contribution in [0.1, 0.15) is 78.2 Å². The van der Waals surface area contributed by atoms with E-state index >= 15 is 0 Å². The minimum Gasteiger partial charge on any atom is -0.310 e. The van der Waals surface area contributed by atoms with Crippen LogP contribution in [0.2, 0.25) is 0 Å². The minimum absolute atomic E-state index is 0.0496. The third kappa shape index (κ3) is 4.30. The number of nitriles is 1. The molecule has 4 aromatic rings. The predicted molar refractivity (Wildman–Crippen MR) is 118 cm³/mol. The lowest BCUT2D eigenvalue weighted by Crippen LogP contribution is -2.28. The molecule has 1 N–H and O–H groups in total. The third-order valence-corrected chi connectivity index (χ3v) is 6.51. The van der Waals surface area contributed by atoms with Gasteiger partial charge in [0.05, 0.1) is 11.6 Å². The Morgan fingerprint density at radius 2 is 1.76 bits per heavy atom. The van der Waals surface area contributed by atoms with E-state index in [0.29, 0.717) is 30.1 Å². The molecule has 0 aromatic carbocycles. The van der Waals surface area contributed by atoms with Gasteiger partial charge < -0.3 is 4.98 Å². The van der Waals surface area contributed by atoms with Crippen molar-refractivity contribution < 1.29 is 22.0 Å². The van der Waals surface area contributed by atoms with Crippen LogP contribution >= 0.6 is 0 Å². The van der Waals surface area contributed by atoms with E-state index in [1.165, 1.54) is 10.7 Å². The van der Waals surface area contributed by atoms with E-state index in [4.69, 9.17) is 0 Å². The lowest BCUT2D eigenvalue weighted by atomic mass is 9.72. The summed E-state index contributed by atoms with van der Waals surface area (Å²) in [4.78, 5) is 31.8. The molecule has 0 bridgehead atoms. The highest BCUT2D eigenvalue weighted by Gasteiger charge is 2.38. The Labute approximate surface area is 205 Å². The van der Waals surface area contributed by atoms with Crippen molar-refractivity contribution >= 4 is 11.0 Å². The van der Waals surface area contributed by atoms with Gasteiger partial charge in [-0.05, 0) is 31.4 Å². The molecule has 4 aromatic heterocycles. The summed E-state index contributed by atoms with van der Waals surface area (Å²) in [5, 5.41) is 13.7. The van der Waals surface area contributed by atoms with Gasteiger partial charge in [-0.15, -0.1) is 0 Å². The second-order valence-electron chi connectivity index (χ2n) is 8.67. The van der Waals surface area contributed by atoms with Crippen LogP contribution in [0.5, 0.6) is 0 Å². The summed E-state index contributed by atoms with van der Waals surface area (Å²) in [5.41, 5.74) is -1.68. The van der Waals surface area contributed by atoms with Gasteiger partial charge >= 0.3 is 6.18 Å². The van der Waals surface area contributed by atoms with Crippen LogP contribution in [0.15, 0.2) is 35.5 Å². The van der Waals surface area contributed by atoms with Crippen molar-refractivity contribution in [3.63, 3.8) is 0 Å². The van der Waals surface area contributed by atoms with E-state index in [1.54, 1.807) is 6.92 Å². The van der Waals surface area contributed by atoms with Crippen LogP contribution in [-0.4, -0.2) is 34.7 Å². The van der Waals surface area contributed by atoms with Crippen LogP contribution in [0.3, 0.4) is 0 Å². The average Bonchev–Trinajstić information content (AvgIpc) is 3.22. The summed E-state index contributed by atoms with van der Waals surface area (Å²) in [6, 6.07) is 3.24. The summed E-state index contributed by atoms with van der Waals surface area (Å²) < 4.78 is 65.7. The van der Waals surface area contributed by atoms with E-state index in [-0.39, 0.29) is 34.1 Å². The number of aromatic nitrogens is 7. The molecule has 1 aliphatic rings. The van der Waals surface area contributed by atoms with Crippen molar-refractivity contribution in [2.75, 3.05) is 0 Å². The van der Waals surface area contributed by atoms with Gasteiger partial charge in [0.25, 0.3) is 12.0 Å². The maximum absolute atomic E-state index is 13.0. The van der Waals surface area contributed by atoms with Gasteiger partial charge in [-0.25, -0.2) is 28.4 Å². The number of alkyl halides is 5. The molecule has 37 heavy (non-hydrogen) atoms. The van der Waals surface area contributed by atoms with E-state index < -0.39 is 29.9 Å². The fourth-order valence-corrected chi connectivity index (χ4v) is 4.34. The second kappa shape index (κ2) is 8.99. The third-order valence-electron chi connectivity index (χ3n) is 6.51. The van der Waals surface area contributed by atoms with Crippen molar-refractivity contribution in [1.82, 2.24) is 34.7 Å². The first-order chi connectivity index (χ1) is 17.6. The number of hydrogen-bond acceptors (Lipinski definition) is 7. The van der Waals surface area contributed by atoms with Gasteiger partial charge in [0.15, 0.2) is 11.3 Å². The molecule has 0 amide bonds. The van der Waals surface area contributed by atoms with Crippen LogP contribution in [-0.2, 0) is 6.18 Å².